The molecule has 0 fully saturated rings. The molecule has 5 nitrogen and oxygen atoms in total. The molecule has 0 saturated heterocycles. The molecule has 5 heteroatoms. The maximum absolute atomic E-state index is 11.7. The van der Waals surface area contributed by atoms with Crippen molar-refractivity contribution < 1.29 is 9.53 Å². The summed E-state index contributed by atoms with van der Waals surface area (Å²) in [5.41, 5.74) is 1.12. The average molecular weight is 271 g/mol. The van der Waals surface area contributed by atoms with Gasteiger partial charge in [0.1, 0.15) is 11.4 Å². The van der Waals surface area contributed by atoms with E-state index in [2.05, 4.69) is 15.3 Å². The van der Waals surface area contributed by atoms with Crippen molar-refractivity contribution in [1.82, 2.24) is 15.3 Å². The smallest absolute Gasteiger partial charge is 0.271 e. The normalized spacial score (nSPS) is 10.1. The summed E-state index contributed by atoms with van der Waals surface area (Å²) in [5, 5.41) is 2.78. The fourth-order valence-corrected chi connectivity index (χ4v) is 1.58. The van der Waals surface area contributed by atoms with Crippen LogP contribution in [0, 0.1) is 6.92 Å². The lowest BCUT2D eigenvalue weighted by molar-refractivity contribution is 0.0946. The number of hydrogen-bond donors (Lipinski definition) is 1. The van der Waals surface area contributed by atoms with Crippen LogP contribution in [0.2, 0.25) is 0 Å². The molecule has 0 aliphatic heterocycles. The molecule has 2 rings (SSSR count). The summed E-state index contributed by atoms with van der Waals surface area (Å²) in [6.07, 6.45) is 3.79. The highest BCUT2D eigenvalue weighted by Gasteiger charge is 2.06. The van der Waals surface area contributed by atoms with E-state index in [0.29, 0.717) is 18.8 Å². The second kappa shape index (κ2) is 7.23. The van der Waals surface area contributed by atoms with Crippen molar-refractivity contribution in [2.45, 2.75) is 13.3 Å². The van der Waals surface area contributed by atoms with E-state index in [1.165, 1.54) is 6.20 Å². The minimum absolute atomic E-state index is 0.211. The topological polar surface area (TPSA) is 64.1 Å². The highest BCUT2D eigenvalue weighted by Crippen LogP contribution is 2.08. The quantitative estimate of drug-likeness (QED) is 0.816. The number of nitrogens with one attached hydrogen (secondary N) is 1. The lowest BCUT2D eigenvalue weighted by Gasteiger charge is -2.07. The number of para-hydroxylation sites is 1. The third-order valence-corrected chi connectivity index (χ3v) is 2.63. The number of aromatic nitrogens is 2. The van der Waals surface area contributed by atoms with Crippen LogP contribution < -0.4 is 10.1 Å². The molecule has 1 aromatic heterocycles. The van der Waals surface area contributed by atoms with Crippen molar-refractivity contribution in [3.8, 4) is 5.75 Å². The van der Waals surface area contributed by atoms with E-state index in [4.69, 9.17) is 4.74 Å². The van der Waals surface area contributed by atoms with Crippen LogP contribution in [0.5, 0.6) is 5.75 Å². The monoisotopic (exact) mass is 271 g/mol. The molecule has 1 N–H and O–H groups in total. The highest BCUT2D eigenvalue weighted by molar-refractivity contribution is 5.91. The van der Waals surface area contributed by atoms with E-state index >= 15 is 0 Å². The zero-order chi connectivity index (χ0) is 14.2. The molecular weight excluding hydrogens is 254 g/mol. The molecule has 0 radical (unpaired) electrons. The maximum atomic E-state index is 11.7. The van der Waals surface area contributed by atoms with Gasteiger partial charge in [-0.15, -0.1) is 0 Å². The fraction of sp³-hybridized carbons (Fsp3) is 0.267. The Labute approximate surface area is 118 Å². The third kappa shape index (κ3) is 4.35. The van der Waals surface area contributed by atoms with Crippen molar-refractivity contribution in [1.29, 1.82) is 0 Å². The summed E-state index contributed by atoms with van der Waals surface area (Å²) in [6, 6.07) is 9.59. The first-order valence-electron chi connectivity index (χ1n) is 6.50. The van der Waals surface area contributed by atoms with Gasteiger partial charge in [0.05, 0.1) is 18.5 Å². The molecule has 0 bridgehead atoms. The Hall–Kier alpha value is -2.43. The zero-order valence-corrected chi connectivity index (χ0v) is 11.4. The molecule has 1 aromatic carbocycles. The lowest BCUT2D eigenvalue weighted by atomic mass is 10.3. The second-order valence-corrected chi connectivity index (χ2v) is 4.31. The van der Waals surface area contributed by atoms with Crippen molar-refractivity contribution in [3.63, 3.8) is 0 Å². The van der Waals surface area contributed by atoms with Crippen LogP contribution in [-0.4, -0.2) is 29.0 Å². The Morgan fingerprint density at radius 2 is 2.00 bits per heavy atom. The Balaban J connectivity index is 1.66. The summed E-state index contributed by atoms with van der Waals surface area (Å²) >= 11 is 0. The van der Waals surface area contributed by atoms with E-state index in [-0.39, 0.29) is 5.91 Å². The summed E-state index contributed by atoms with van der Waals surface area (Å²) in [5.74, 6) is 0.625. The Kier molecular flexibility index (Phi) is 5.06. The van der Waals surface area contributed by atoms with Crippen LogP contribution in [0.3, 0.4) is 0 Å². The second-order valence-electron chi connectivity index (χ2n) is 4.31. The number of rotatable bonds is 6. The van der Waals surface area contributed by atoms with Gasteiger partial charge in [-0.05, 0) is 25.5 Å². The van der Waals surface area contributed by atoms with Gasteiger partial charge in [0.15, 0.2) is 0 Å². The van der Waals surface area contributed by atoms with E-state index in [9.17, 15) is 4.79 Å². The van der Waals surface area contributed by atoms with Gasteiger partial charge in [-0.2, -0.15) is 0 Å². The predicted molar refractivity (Wildman–Crippen MR) is 75.7 cm³/mol. The van der Waals surface area contributed by atoms with Crippen molar-refractivity contribution in [2.75, 3.05) is 13.2 Å². The summed E-state index contributed by atoms with van der Waals surface area (Å²) < 4.78 is 5.53. The van der Waals surface area contributed by atoms with Gasteiger partial charge < -0.3 is 10.1 Å². The first-order valence-corrected chi connectivity index (χ1v) is 6.50. The molecule has 2 aromatic rings. The number of hydrogen-bond acceptors (Lipinski definition) is 4. The molecule has 0 atom stereocenters. The number of ether oxygens (including phenoxy) is 1. The molecule has 1 heterocycles. The first kappa shape index (κ1) is 14.0. The number of carbonyl (C=O) groups excluding carboxylic acids is 1. The molecule has 0 spiro atoms. The summed E-state index contributed by atoms with van der Waals surface area (Å²) in [4.78, 5) is 19.8. The van der Waals surface area contributed by atoms with Gasteiger partial charge in [-0.3, -0.25) is 9.78 Å². The first-order chi connectivity index (χ1) is 9.75. The summed E-state index contributed by atoms with van der Waals surface area (Å²) in [7, 11) is 0. The number of aryl methyl sites for hydroxylation is 1. The standard InChI is InChI=1S/C15H17N3O2/c1-12-10-18-14(11-17-12)15(19)16-8-5-9-20-13-6-3-2-4-7-13/h2-4,6-7,10-11H,5,8-9H2,1H3,(H,16,19). The Morgan fingerprint density at radius 3 is 2.70 bits per heavy atom. The predicted octanol–water partition coefficient (Wildman–Crippen LogP) is 1.98. The molecule has 104 valence electrons. The van der Waals surface area contributed by atoms with Crippen LogP contribution in [0.4, 0.5) is 0 Å². The van der Waals surface area contributed by atoms with E-state index < -0.39 is 0 Å². The SMILES string of the molecule is Cc1cnc(C(=O)NCCCOc2ccccc2)cn1. The minimum Gasteiger partial charge on any atom is -0.494 e. The number of nitrogens with zero attached hydrogens (tertiary/aromatic N) is 2. The van der Waals surface area contributed by atoms with Gasteiger partial charge in [0.25, 0.3) is 5.91 Å². The van der Waals surface area contributed by atoms with Gasteiger partial charge in [-0.1, -0.05) is 18.2 Å². The van der Waals surface area contributed by atoms with Crippen molar-refractivity contribution in [2.24, 2.45) is 0 Å². The third-order valence-electron chi connectivity index (χ3n) is 2.63. The van der Waals surface area contributed by atoms with Crippen LogP contribution in [0.15, 0.2) is 42.7 Å². The molecule has 20 heavy (non-hydrogen) atoms. The van der Waals surface area contributed by atoms with E-state index in [1.807, 2.05) is 37.3 Å². The van der Waals surface area contributed by atoms with E-state index in [1.54, 1.807) is 6.20 Å². The molecule has 0 saturated carbocycles. The van der Waals surface area contributed by atoms with Gasteiger partial charge in [0.2, 0.25) is 0 Å². The Bertz CT molecular complexity index is 541. The van der Waals surface area contributed by atoms with E-state index in [0.717, 1.165) is 17.9 Å². The number of benzene rings is 1. The molecule has 0 aliphatic carbocycles. The fourth-order valence-electron chi connectivity index (χ4n) is 1.58. The summed E-state index contributed by atoms with van der Waals surface area (Å²) in [6.45, 7) is 2.93. The maximum Gasteiger partial charge on any atom is 0.271 e. The zero-order valence-electron chi connectivity index (χ0n) is 11.4. The average Bonchev–Trinajstić information content (AvgIpc) is 2.48. The van der Waals surface area contributed by atoms with Crippen LogP contribution in [0.25, 0.3) is 0 Å². The van der Waals surface area contributed by atoms with Crippen molar-refractivity contribution >= 4 is 5.91 Å². The van der Waals surface area contributed by atoms with Gasteiger partial charge in [-0.25, -0.2) is 4.98 Å². The van der Waals surface area contributed by atoms with Crippen LogP contribution in [-0.2, 0) is 0 Å². The van der Waals surface area contributed by atoms with Crippen molar-refractivity contribution in [3.05, 3.63) is 54.1 Å². The number of carbonyl (C=O) groups is 1. The minimum atomic E-state index is -0.211. The highest BCUT2D eigenvalue weighted by atomic mass is 16.5. The van der Waals surface area contributed by atoms with Crippen LogP contribution in [0.1, 0.15) is 22.6 Å². The van der Waals surface area contributed by atoms with Gasteiger partial charge >= 0.3 is 0 Å². The molecule has 1 amide bonds. The molecule has 0 aliphatic rings. The van der Waals surface area contributed by atoms with Gasteiger partial charge in [0, 0.05) is 12.7 Å². The lowest BCUT2D eigenvalue weighted by Crippen LogP contribution is -2.26. The molecule has 0 unspecified atom stereocenters. The van der Waals surface area contributed by atoms with Crippen LogP contribution >= 0.6 is 0 Å². The molecular formula is C15H17N3O2. The number of amides is 1. The Morgan fingerprint density at radius 1 is 1.20 bits per heavy atom. The largest absolute Gasteiger partial charge is 0.494 e.